The maximum Gasteiger partial charge on any atom is 0.308 e. The lowest BCUT2D eigenvalue weighted by atomic mass is 10.3. The molecule has 110 valence electrons. The van der Waals surface area contributed by atoms with Crippen LogP contribution in [0.1, 0.15) is 34.6 Å². The van der Waals surface area contributed by atoms with Crippen molar-refractivity contribution in [2.24, 2.45) is 0 Å². The van der Waals surface area contributed by atoms with Crippen molar-refractivity contribution in [1.82, 2.24) is 4.98 Å². The molecule has 2 rings (SSSR count). The van der Waals surface area contributed by atoms with E-state index in [-0.39, 0.29) is 5.97 Å². The molecule has 1 heterocycles. The molecule has 0 unspecified atom stereocenters. The maximum atomic E-state index is 10.4. The fraction of sp³-hybridized carbons (Fsp3) is 0.294. The summed E-state index contributed by atoms with van der Waals surface area (Å²) in [4.78, 5) is 14.2. The Morgan fingerprint density at radius 3 is 1.60 bits per heavy atom. The van der Waals surface area contributed by atoms with E-state index >= 15 is 0 Å². The molecule has 0 aliphatic carbocycles. The van der Waals surface area contributed by atoms with E-state index in [0.29, 0.717) is 5.75 Å². The van der Waals surface area contributed by atoms with Gasteiger partial charge in [-0.2, -0.15) is 0 Å². The molecular formula is C17H25NO2. The average molecular weight is 275 g/mol. The molecule has 0 atom stereocenters. The molecule has 3 nitrogen and oxygen atoms in total. The fourth-order valence-corrected chi connectivity index (χ4v) is 0.967. The van der Waals surface area contributed by atoms with Gasteiger partial charge in [0.05, 0.1) is 0 Å². The quantitative estimate of drug-likeness (QED) is 0.557. The highest BCUT2D eigenvalue weighted by molar-refractivity contribution is 5.69. The third-order valence-electron chi connectivity index (χ3n) is 1.57. The lowest BCUT2D eigenvalue weighted by Crippen LogP contribution is -2.00. The van der Waals surface area contributed by atoms with Gasteiger partial charge in [0.2, 0.25) is 0 Å². The second kappa shape index (κ2) is 16.8. The predicted octanol–water partition coefficient (Wildman–Crippen LogP) is 4.75. The zero-order valence-electron chi connectivity index (χ0n) is 13.0. The largest absolute Gasteiger partial charge is 0.427 e. The average Bonchev–Trinajstić information content (AvgIpc) is 2.54. The lowest BCUT2D eigenvalue weighted by molar-refractivity contribution is -0.131. The van der Waals surface area contributed by atoms with Gasteiger partial charge in [-0.25, -0.2) is 0 Å². The van der Waals surface area contributed by atoms with Crippen molar-refractivity contribution in [3.8, 4) is 5.75 Å². The molecule has 0 saturated carbocycles. The molecule has 0 spiro atoms. The number of ether oxygens (including phenoxy) is 1. The summed E-state index contributed by atoms with van der Waals surface area (Å²) in [5, 5.41) is 0. The minimum absolute atomic E-state index is 0.286. The SMILES string of the molecule is CC.CC.CC(=O)Oc1ccccc1.c1ccncc1. The molecule has 0 bridgehead atoms. The van der Waals surface area contributed by atoms with Crippen LogP contribution in [-0.4, -0.2) is 11.0 Å². The van der Waals surface area contributed by atoms with Crippen LogP contribution in [-0.2, 0) is 4.79 Å². The minimum atomic E-state index is -0.286. The number of benzene rings is 1. The molecule has 3 heteroatoms. The fourth-order valence-electron chi connectivity index (χ4n) is 0.967. The molecule has 0 N–H and O–H groups in total. The number of nitrogens with zero attached hydrogens (tertiary/aromatic N) is 1. The smallest absolute Gasteiger partial charge is 0.308 e. The van der Waals surface area contributed by atoms with Gasteiger partial charge in [0.25, 0.3) is 0 Å². The monoisotopic (exact) mass is 275 g/mol. The molecule has 0 aliphatic heterocycles. The molecule has 2 aromatic rings. The van der Waals surface area contributed by atoms with Gasteiger partial charge in [0.15, 0.2) is 0 Å². The van der Waals surface area contributed by atoms with Crippen LogP contribution in [0.25, 0.3) is 0 Å². The Kier molecular flexibility index (Phi) is 17.0. The molecule has 0 saturated heterocycles. The van der Waals surface area contributed by atoms with E-state index in [1.807, 2.05) is 64.1 Å². The van der Waals surface area contributed by atoms with Crippen LogP contribution in [0, 0.1) is 0 Å². The summed E-state index contributed by atoms with van der Waals surface area (Å²) >= 11 is 0. The zero-order chi connectivity index (χ0) is 15.6. The van der Waals surface area contributed by atoms with Crippen molar-refractivity contribution in [2.75, 3.05) is 0 Å². The number of rotatable bonds is 1. The second-order valence-electron chi connectivity index (χ2n) is 2.93. The van der Waals surface area contributed by atoms with E-state index in [9.17, 15) is 4.79 Å². The van der Waals surface area contributed by atoms with Crippen molar-refractivity contribution in [3.63, 3.8) is 0 Å². The van der Waals surface area contributed by atoms with Crippen molar-refractivity contribution in [2.45, 2.75) is 34.6 Å². The number of para-hydroxylation sites is 1. The maximum absolute atomic E-state index is 10.4. The number of aromatic nitrogens is 1. The lowest BCUT2D eigenvalue weighted by Gasteiger charge is -1.97. The highest BCUT2D eigenvalue weighted by atomic mass is 16.5. The molecular weight excluding hydrogens is 250 g/mol. The minimum Gasteiger partial charge on any atom is -0.427 e. The highest BCUT2D eigenvalue weighted by Gasteiger charge is 1.92. The topological polar surface area (TPSA) is 39.2 Å². The first-order valence-corrected chi connectivity index (χ1v) is 6.87. The number of pyridine rings is 1. The third-order valence-corrected chi connectivity index (χ3v) is 1.57. The number of hydrogen-bond acceptors (Lipinski definition) is 3. The van der Waals surface area contributed by atoms with E-state index in [1.54, 1.807) is 24.5 Å². The van der Waals surface area contributed by atoms with E-state index in [0.717, 1.165) is 0 Å². The number of esters is 1. The Morgan fingerprint density at radius 1 is 0.850 bits per heavy atom. The van der Waals surface area contributed by atoms with Crippen LogP contribution in [0.2, 0.25) is 0 Å². The molecule has 0 fully saturated rings. The van der Waals surface area contributed by atoms with Gasteiger partial charge >= 0.3 is 5.97 Å². The Labute approximate surface area is 122 Å². The molecule has 1 aromatic carbocycles. The van der Waals surface area contributed by atoms with Crippen LogP contribution in [0.3, 0.4) is 0 Å². The number of carbonyl (C=O) groups is 1. The zero-order valence-corrected chi connectivity index (χ0v) is 13.0. The Balaban J connectivity index is 0. The van der Waals surface area contributed by atoms with Gasteiger partial charge in [-0.05, 0) is 24.3 Å². The summed E-state index contributed by atoms with van der Waals surface area (Å²) in [7, 11) is 0. The molecule has 0 amide bonds. The molecule has 0 aliphatic rings. The van der Waals surface area contributed by atoms with Crippen LogP contribution >= 0.6 is 0 Å². The predicted molar refractivity (Wildman–Crippen MR) is 84.7 cm³/mol. The summed E-state index contributed by atoms with van der Waals surface area (Å²) in [6.45, 7) is 9.38. The first kappa shape index (κ1) is 20.2. The first-order chi connectivity index (χ1) is 9.79. The van der Waals surface area contributed by atoms with Crippen LogP contribution in [0.4, 0.5) is 0 Å². The normalized spacial score (nSPS) is 7.45. The van der Waals surface area contributed by atoms with E-state index < -0.39 is 0 Å². The third kappa shape index (κ3) is 13.9. The van der Waals surface area contributed by atoms with Crippen molar-refractivity contribution < 1.29 is 9.53 Å². The van der Waals surface area contributed by atoms with Gasteiger partial charge in [0.1, 0.15) is 5.75 Å². The van der Waals surface area contributed by atoms with E-state index in [4.69, 9.17) is 4.74 Å². The Hall–Kier alpha value is -2.16. The van der Waals surface area contributed by atoms with Gasteiger partial charge < -0.3 is 4.74 Å². The number of hydrogen-bond donors (Lipinski definition) is 0. The van der Waals surface area contributed by atoms with Crippen molar-refractivity contribution in [3.05, 3.63) is 60.9 Å². The summed E-state index contributed by atoms with van der Waals surface area (Å²) in [5.41, 5.74) is 0. The summed E-state index contributed by atoms with van der Waals surface area (Å²) in [5.74, 6) is 0.307. The molecule has 0 radical (unpaired) electrons. The summed E-state index contributed by atoms with van der Waals surface area (Å²) < 4.78 is 4.78. The van der Waals surface area contributed by atoms with Gasteiger partial charge in [-0.1, -0.05) is 52.0 Å². The van der Waals surface area contributed by atoms with E-state index in [1.165, 1.54) is 6.92 Å². The highest BCUT2D eigenvalue weighted by Crippen LogP contribution is 2.07. The van der Waals surface area contributed by atoms with Crippen LogP contribution in [0.15, 0.2) is 60.9 Å². The first-order valence-electron chi connectivity index (χ1n) is 6.87. The van der Waals surface area contributed by atoms with Crippen LogP contribution < -0.4 is 4.74 Å². The van der Waals surface area contributed by atoms with Crippen LogP contribution in [0.5, 0.6) is 5.75 Å². The second-order valence-corrected chi connectivity index (χ2v) is 2.93. The van der Waals surface area contributed by atoms with Gasteiger partial charge in [-0.15, -0.1) is 0 Å². The van der Waals surface area contributed by atoms with Gasteiger partial charge in [-0.3, -0.25) is 9.78 Å². The van der Waals surface area contributed by atoms with Crippen molar-refractivity contribution in [1.29, 1.82) is 0 Å². The Bertz CT molecular complexity index is 375. The Morgan fingerprint density at radius 2 is 1.30 bits per heavy atom. The molecule has 20 heavy (non-hydrogen) atoms. The summed E-state index contributed by atoms with van der Waals surface area (Å²) in [6, 6.07) is 14.7. The van der Waals surface area contributed by atoms with Crippen molar-refractivity contribution >= 4 is 5.97 Å². The van der Waals surface area contributed by atoms with E-state index in [2.05, 4.69) is 4.98 Å². The standard InChI is InChI=1S/C8H8O2.C5H5N.2C2H6/c1-7(9)10-8-5-3-2-4-6-8;1-2-4-6-5-3-1;2*1-2/h2-6H,1H3;1-5H;2*1-2H3. The molecule has 1 aromatic heterocycles. The number of carbonyl (C=O) groups excluding carboxylic acids is 1. The summed E-state index contributed by atoms with van der Waals surface area (Å²) in [6.07, 6.45) is 3.50. The van der Waals surface area contributed by atoms with Gasteiger partial charge in [0, 0.05) is 19.3 Å².